The Morgan fingerprint density at radius 1 is 1.07 bits per heavy atom. The molecule has 0 aliphatic heterocycles. The highest BCUT2D eigenvalue weighted by Crippen LogP contribution is 2.33. The molecule has 27 heavy (non-hydrogen) atoms. The van der Waals surface area contributed by atoms with Crippen molar-refractivity contribution in [3.8, 4) is 0 Å². The molecule has 0 radical (unpaired) electrons. The van der Waals surface area contributed by atoms with E-state index in [0.717, 1.165) is 6.07 Å². The van der Waals surface area contributed by atoms with Crippen LogP contribution in [0.5, 0.6) is 0 Å². The lowest BCUT2D eigenvalue weighted by molar-refractivity contribution is -0.384. The summed E-state index contributed by atoms with van der Waals surface area (Å²) in [7, 11) is -2.56. The normalized spacial score (nSPS) is 11.4. The van der Waals surface area contributed by atoms with E-state index in [2.05, 4.69) is 4.72 Å². The summed E-state index contributed by atoms with van der Waals surface area (Å²) in [5, 5.41) is 11.6. The second kappa shape index (κ2) is 7.64. The molecule has 2 aromatic heterocycles. The summed E-state index contributed by atoms with van der Waals surface area (Å²) in [4.78, 5) is 12.5. The van der Waals surface area contributed by atoms with Crippen molar-refractivity contribution in [3.63, 3.8) is 0 Å². The van der Waals surface area contributed by atoms with Gasteiger partial charge in [-0.25, -0.2) is 13.1 Å². The fraction of sp³-hybridized carbons (Fsp3) is 0.176. The summed E-state index contributed by atoms with van der Waals surface area (Å²) in [6.45, 7) is 0.485. The molecule has 10 heteroatoms. The zero-order chi connectivity index (χ0) is 19.4. The van der Waals surface area contributed by atoms with Crippen LogP contribution in [0.4, 0.5) is 11.4 Å². The Hall–Kier alpha value is -3.11. The monoisotopic (exact) mass is 391 g/mol. The Morgan fingerprint density at radius 3 is 2.11 bits per heavy atom. The number of anilines is 1. The molecule has 0 fully saturated rings. The summed E-state index contributed by atoms with van der Waals surface area (Å²) in [6.07, 6.45) is 3.02. The molecule has 0 unspecified atom stereocenters. The molecule has 0 bridgehead atoms. The van der Waals surface area contributed by atoms with Crippen LogP contribution >= 0.6 is 0 Å². The maximum atomic E-state index is 12.0. The van der Waals surface area contributed by atoms with Crippen molar-refractivity contribution in [3.05, 3.63) is 76.6 Å². The molecule has 3 aromatic rings. The van der Waals surface area contributed by atoms with Crippen molar-refractivity contribution in [1.29, 1.82) is 0 Å². The lowest BCUT2D eigenvalue weighted by Crippen LogP contribution is -2.23. The predicted octanol–water partition coefficient (Wildman–Crippen LogP) is 2.90. The number of hydrogen-bond acceptors (Lipinski definition) is 7. The molecule has 1 aromatic carbocycles. The number of nitrogens with one attached hydrogen (secondary N) is 1. The predicted molar refractivity (Wildman–Crippen MR) is 96.6 cm³/mol. The molecule has 9 nitrogen and oxygen atoms in total. The Morgan fingerprint density at radius 2 is 1.67 bits per heavy atom. The third-order valence-corrected chi connectivity index (χ3v) is 5.33. The first-order valence-electron chi connectivity index (χ1n) is 7.92. The van der Waals surface area contributed by atoms with Crippen molar-refractivity contribution >= 4 is 21.4 Å². The fourth-order valence-corrected chi connectivity index (χ4v) is 3.36. The first kappa shape index (κ1) is 18.7. The highest BCUT2D eigenvalue weighted by Gasteiger charge is 2.25. The molecule has 0 atom stereocenters. The van der Waals surface area contributed by atoms with E-state index in [4.69, 9.17) is 8.83 Å². The maximum absolute atomic E-state index is 12.0. The second-order valence-electron chi connectivity index (χ2n) is 5.63. The van der Waals surface area contributed by atoms with Gasteiger partial charge in [0.1, 0.15) is 17.2 Å². The van der Waals surface area contributed by atoms with Crippen molar-refractivity contribution in [2.75, 3.05) is 11.9 Å². The summed E-state index contributed by atoms with van der Waals surface area (Å²) in [6, 6.07) is 10.7. The van der Waals surface area contributed by atoms with Crippen molar-refractivity contribution in [2.45, 2.75) is 18.0 Å². The van der Waals surface area contributed by atoms with Gasteiger partial charge in [0.2, 0.25) is 10.0 Å². The molecule has 0 spiro atoms. The molecule has 0 aliphatic rings. The van der Waals surface area contributed by atoms with Crippen molar-refractivity contribution in [2.24, 2.45) is 0 Å². The van der Waals surface area contributed by atoms with E-state index in [9.17, 15) is 18.5 Å². The van der Waals surface area contributed by atoms with Crippen LogP contribution in [0.2, 0.25) is 0 Å². The summed E-state index contributed by atoms with van der Waals surface area (Å²) in [5.74, 6) is 1.20. The Kier molecular flexibility index (Phi) is 5.28. The van der Waals surface area contributed by atoms with E-state index in [1.807, 2.05) is 0 Å². The summed E-state index contributed by atoms with van der Waals surface area (Å²) < 4.78 is 36.8. The van der Waals surface area contributed by atoms with Gasteiger partial charge in [-0.2, -0.15) is 0 Å². The molecular formula is C17H17N3O6S. The zero-order valence-corrected chi connectivity index (χ0v) is 15.2. The topological polar surface area (TPSA) is 119 Å². The van der Waals surface area contributed by atoms with E-state index in [1.54, 1.807) is 29.2 Å². The van der Waals surface area contributed by atoms with Gasteiger partial charge in [-0.1, -0.05) is 0 Å². The highest BCUT2D eigenvalue weighted by molar-refractivity contribution is 7.89. The van der Waals surface area contributed by atoms with Gasteiger partial charge in [0.25, 0.3) is 5.69 Å². The van der Waals surface area contributed by atoms with E-state index < -0.39 is 14.9 Å². The summed E-state index contributed by atoms with van der Waals surface area (Å²) >= 11 is 0. The minimum atomic E-state index is -3.81. The average Bonchev–Trinajstić information content (AvgIpc) is 3.34. The van der Waals surface area contributed by atoms with Crippen molar-refractivity contribution in [1.82, 2.24) is 4.72 Å². The molecule has 0 aliphatic carbocycles. The molecule has 0 saturated carbocycles. The molecular weight excluding hydrogens is 374 g/mol. The lowest BCUT2D eigenvalue weighted by atomic mass is 10.2. The molecule has 0 amide bonds. The number of rotatable bonds is 8. The van der Waals surface area contributed by atoms with Crippen LogP contribution in [-0.2, 0) is 23.1 Å². The van der Waals surface area contributed by atoms with Gasteiger partial charge in [-0.3, -0.25) is 10.1 Å². The van der Waals surface area contributed by atoms with E-state index in [0.29, 0.717) is 11.5 Å². The maximum Gasteiger partial charge on any atom is 0.293 e. The van der Waals surface area contributed by atoms with Crippen LogP contribution in [-0.4, -0.2) is 20.4 Å². The van der Waals surface area contributed by atoms with Gasteiger partial charge in [0, 0.05) is 6.07 Å². The van der Waals surface area contributed by atoms with Gasteiger partial charge >= 0.3 is 0 Å². The van der Waals surface area contributed by atoms with E-state index in [1.165, 1.54) is 31.7 Å². The van der Waals surface area contributed by atoms with Gasteiger partial charge in [0.05, 0.1) is 35.4 Å². The van der Waals surface area contributed by atoms with Gasteiger partial charge in [-0.05, 0) is 43.4 Å². The van der Waals surface area contributed by atoms with Gasteiger partial charge in [0.15, 0.2) is 0 Å². The smallest absolute Gasteiger partial charge is 0.293 e. The van der Waals surface area contributed by atoms with Crippen molar-refractivity contribution < 1.29 is 22.2 Å². The van der Waals surface area contributed by atoms with Crippen LogP contribution in [0.25, 0.3) is 0 Å². The minimum absolute atomic E-state index is 0.184. The fourth-order valence-electron chi connectivity index (χ4n) is 2.61. The quantitative estimate of drug-likeness (QED) is 0.463. The molecule has 1 N–H and O–H groups in total. The SMILES string of the molecule is CNS(=O)(=O)c1ccc(N(Cc2ccco2)Cc2ccco2)c([N+](=O)[O-])c1. The van der Waals surface area contributed by atoms with Crippen LogP contribution in [0.15, 0.2) is 68.7 Å². The van der Waals surface area contributed by atoms with Gasteiger partial charge < -0.3 is 13.7 Å². The number of hydrogen-bond donors (Lipinski definition) is 1. The molecule has 0 saturated heterocycles. The second-order valence-corrected chi connectivity index (χ2v) is 7.52. The molecule has 142 valence electrons. The minimum Gasteiger partial charge on any atom is -0.467 e. The number of sulfonamides is 1. The van der Waals surface area contributed by atoms with Crippen LogP contribution in [0.3, 0.4) is 0 Å². The lowest BCUT2D eigenvalue weighted by Gasteiger charge is -2.23. The third-order valence-electron chi connectivity index (χ3n) is 3.92. The van der Waals surface area contributed by atoms with Crippen LogP contribution in [0.1, 0.15) is 11.5 Å². The van der Waals surface area contributed by atoms with E-state index in [-0.39, 0.29) is 29.4 Å². The standard InChI is InChI=1S/C17H17N3O6S/c1-18-27(23,24)15-6-7-16(17(10-15)20(21)22)19(11-13-4-2-8-25-13)12-14-5-3-9-26-14/h2-10,18H,11-12H2,1H3. The Balaban J connectivity index is 2.05. The summed E-state index contributed by atoms with van der Waals surface area (Å²) in [5.41, 5.74) is -0.0766. The Labute approximate surface area is 155 Å². The van der Waals surface area contributed by atoms with Gasteiger partial charge in [-0.15, -0.1) is 0 Å². The number of nitro benzene ring substituents is 1. The average molecular weight is 391 g/mol. The van der Waals surface area contributed by atoms with E-state index >= 15 is 0 Å². The number of nitro groups is 1. The Bertz CT molecular complexity index is 977. The van der Waals surface area contributed by atoms with Crippen LogP contribution < -0.4 is 9.62 Å². The largest absolute Gasteiger partial charge is 0.467 e. The highest BCUT2D eigenvalue weighted by atomic mass is 32.2. The number of nitrogens with zero attached hydrogens (tertiary/aromatic N) is 2. The third kappa shape index (κ3) is 4.18. The number of benzene rings is 1. The molecule has 2 heterocycles. The first-order valence-corrected chi connectivity index (χ1v) is 9.41. The van der Waals surface area contributed by atoms with Crippen LogP contribution in [0, 0.1) is 10.1 Å². The first-order chi connectivity index (χ1) is 12.9. The zero-order valence-electron chi connectivity index (χ0n) is 14.4. The number of furan rings is 2. The molecule has 3 rings (SSSR count).